The van der Waals surface area contributed by atoms with Crippen LogP contribution in [0.5, 0.6) is 0 Å². The molecule has 3 heteroatoms. The Bertz CT molecular complexity index is 374. The van der Waals surface area contributed by atoms with Gasteiger partial charge in [-0.25, -0.2) is 0 Å². The summed E-state index contributed by atoms with van der Waals surface area (Å²) in [6.45, 7) is 14.2. The van der Waals surface area contributed by atoms with E-state index in [4.69, 9.17) is 0 Å². The van der Waals surface area contributed by atoms with Crippen LogP contribution in [0.1, 0.15) is 27.2 Å². The summed E-state index contributed by atoms with van der Waals surface area (Å²) >= 11 is 0. The minimum Gasteiger partial charge on any atom is -0.507 e. The highest BCUT2D eigenvalue weighted by molar-refractivity contribution is 5.88. The number of hydrogen-bond donors (Lipinski definition) is 1. The van der Waals surface area contributed by atoms with E-state index in [0.29, 0.717) is 25.1 Å². The van der Waals surface area contributed by atoms with Crippen molar-refractivity contribution in [1.29, 1.82) is 0 Å². The Morgan fingerprint density at radius 2 is 1.83 bits per heavy atom. The lowest BCUT2D eigenvalue weighted by atomic mass is 10.0. The molecule has 0 aliphatic heterocycles. The number of rotatable bonds is 7. The predicted octanol–water partition coefficient (Wildman–Crippen LogP) is 3.38. The van der Waals surface area contributed by atoms with Crippen molar-refractivity contribution in [1.82, 2.24) is 4.90 Å². The Balaban J connectivity index is 5.21. The summed E-state index contributed by atoms with van der Waals surface area (Å²) in [4.78, 5) is 13.5. The maximum atomic E-state index is 11.9. The Morgan fingerprint density at radius 1 is 1.28 bits per heavy atom. The van der Waals surface area contributed by atoms with Crippen molar-refractivity contribution in [3.05, 3.63) is 48.3 Å². The van der Waals surface area contributed by atoms with Crippen molar-refractivity contribution in [2.75, 3.05) is 13.1 Å². The van der Waals surface area contributed by atoms with Crippen LogP contribution in [0.3, 0.4) is 0 Å². The fourth-order valence-electron chi connectivity index (χ4n) is 1.57. The van der Waals surface area contributed by atoms with Crippen LogP contribution in [0.2, 0.25) is 0 Å². The normalized spacial score (nSPS) is 12.7. The van der Waals surface area contributed by atoms with E-state index in [0.717, 1.165) is 5.57 Å². The van der Waals surface area contributed by atoms with Crippen LogP contribution >= 0.6 is 0 Å². The van der Waals surface area contributed by atoms with E-state index in [1.54, 1.807) is 17.1 Å². The van der Waals surface area contributed by atoms with Crippen LogP contribution in [0.15, 0.2) is 48.3 Å². The average molecular weight is 249 g/mol. The molecule has 0 rings (SSSR count). The zero-order valence-electron chi connectivity index (χ0n) is 11.6. The van der Waals surface area contributed by atoms with Gasteiger partial charge in [0.1, 0.15) is 5.76 Å². The van der Waals surface area contributed by atoms with Gasteiger partial charge in [-0.15, -0.1) is 6.58 Å². The smallest absolute Gasteiger partial charge is 0.250 e. The van der Waals surface area contributed by atoms with Gasteiger partial charge >= 0.3 is 0 Å². The molecule has 1 amide bonds. The van der Waals surface area contributed by atoms with E-state index in [9.17, 15) is 9.90 Å². The van der Waals surface area contributed by atoms with E-state index in [-0.39, 0.29) is 11.7 Å². The molecular weight excluding hydrogens is 226 g/mol. The van der Waals surface area contributed by atoms with Crippen LogP contribution in [-0.4, -0.2) is 29.0 Å². The van der Waals surface area contributed by atoms with Crippen molar-refractivity contribution >= 4 is 5.91 Å². The first-order valence-electron chi connectivity index (χ1n) is 6.14. The number of nitrogens with zero attached hydrogens (tertiary/aromatic N) is 1. The van der Waals surface area contributed by atoms with Gasteiger partial charge in [-0.3, -0.25) is 4.79 Å². The summed E-state index contributed by atoms with van der Waals surface area (Å²) in [7, 11) is 0. The SMILES string of the molecule is C=CCC(/C(O)=C/C(=O)N(CC)CC)=C(\C)C=C. The maximum Gasteiger partial charge on any atom is 0.250 e. The highest BCUT2D eigenvalue weighted by Crippen LogP contribution is 2.18. The Hall–Kier alpha value is -1.77. The van der Waals surface area contributed by atoms with Crippen LogP contribution in [0.25, 0.3) is 0 Å². The van der Waals surface area contributed by atoms with Crippen LogP contribution in [0, 0.1) is 0 Å². The minimum atomic E-state index is -0.184. The quantitative estimate of drug-likeness (QED) is 0.325. The standard InChI is InChI=1S/C15H23NO2/c1-6-10-13(12(5)7-2)14(17)11-15(18)16(8-3)9-4/h6-7,11,17H,1-2,8-10H2,3-5H3/b13-12-,14-11-. The van der Waals surface area contributed by atoms with Gasteiger partial charge in [-0.2, -0.15) is 0 Å². The molecule has 0 fully saturated rings. The van der Waals surface area contributed by atoms with E-state index in [1.165, 1.54) is 6.08 Å². The van der Waals surface area contributed by atoms with Crippen LogP contribution in [-0.2, 0) is 4.79 Å². The molecule has 0 unspecified atom stereocenters. The third-order valence-electron chi connectivity index (χ3n) is 2.78. The second kappa shape index (κ2) is 8.34. The fraction of sp³-hybridized carbons (Fsp3) is 0.400. The summed E-state index contributed by atoms with van der Waals surface area (Å²) in [6, 6.07) is 0. The number of carbonyl (C=O) groups excluding carboxylic acids is 1. The number of aliphatic hydroxyl groups excluding tert-OH is 1. The second-order valence-electron chi connectivity index (χ2n) is 3.90. The molecule has 1 N–H and O–H groups in total. The lowest BCUT2D eigenvalue weighted by Crippen LogP contribution is -2.29. The zero-order valence-corrected chi connectivity index (χ0v) is 11.6. The molecule has 100 valence electrons. The highest BCUT2D eigenvalue weighted by Gasteiger charge is 2.11. The van der Waals surface area contributed by atoms with Gasteiger partial charge in [0.25, 0.3) is 0 Å². The topological polar surface area (TPSA) is 40.5 Å². The molecule has 0 spiro atoms. The first-order chi connectivity index (χ1) is 8.51. The van der Waals surface area contributed by atoms with Gasteiger partial charge in [0.15, 0.2) is 0 Å². The van der Waals surface area contributed by atoms with E-state index >= 15 is 0 Å². The molecule has 0 aromatic rings. The summed E-state index contributed by atoms with van der Waals surface area (Å²) in [5.41, 5.74) is 1.52. The summed E-state index contributed by atoms with van der Waals surface area (Å²) in [6.07, 6.45) is 5.11. The van der Waals surface area contributed by atoms with Gasteiger partial charge in [0.05, 0.1) is 0 Å². The van der Waals surface area contributed by atoms with Crippen LogP contribution in [0.4, 0.5) is 0 Å². The van der Waals surface area contributed by atoms with Gasteiger partial charge in [0, 0.05) is 24.7 Å². The molecular formula is C15H23NO2. The molecule has 0 aliphatic carbocycles. The first-order valence-corrected chi connectivity index (χ1v) is 6.14. The van der Waals surface area contributed by atoms with Crippen molar-refractivity contribution in [3.8, 4) is 0 Å². The molecule has 0 saturated heterocycles. The lowest BCUT2D eigenvalue weighted by Gasteiger charge is -2.17. The minimum absolute atomic E-state index is 0.01000. The Labute approximate surface area is 110 Å². The second-order valence-corrected chi connectivity index (χ2v) is 3.90. The molecule has 3 nitrogen and oxygen atoms in total. The molecule has 0 atom stereocenters. The summed E-state index contributed by atoms with van der Waals surface area (Å²) < 4.78 is 0. The number of carbonyl (C=O) groups is 1. The molecule has 0 aromatic carbocycles. The van der Waals surface area contributed by atoms with Crippen molar-refractivity contribution < 1.29 is 9.90 Å². The van der Waals surface area contributed by atoms with Crippen LogP contribution < -0.4 is 0 Å². The van der Waals surface area contributed by atoms with Gasteiger partial charge in [0.2, 0.25) is 5.91 Å². The zero-order chi connectivity index (χ0) is 14.1. The number of hydrogen-bond acceptors (Lipinski definition) is 2. The molecule has 18 heavy (non-hydrogen) atoms. The van der Waals surface area contributed by atoms with Gasteiger partial charge < -0.3 is 10.0 Å². The van der Waals surface area contributed by atoms with E-state index in [1.807, 2.05) is 20.8 Å². The third-order valence-corrected chi connectivity index (χ3v) is 2.78. The van der Waals surface area contributed by atoms with Crippen molar-refractivity contribution in [2.24, 2.45) is 0 Å². The number of likely N-dealkylation sites (N-methyl/N-ethyl adjacent to an activating group) is 1. The molecule has 0 saturated carbocycles. The third kappa shape index (κ3) is 4.62. The Morgan fingerprint density at radius 3 is 2.22 bits per heavy atom. The van der Waals surface area contributed by atoms with Gasteiger partial charge in [-0.05, 0) is 32.8 Å². The predicted molar refractivity (Wildman–Crippen MR) is 76.4 cm³/mol. The maximum absolute atomic E-state index is 11.9. The van der Waals surface area contributed by atoms with E-state index in [2.05, 4.69) is 13.2 Å². The monoisotopic (exact) mass is 249 g/mol. The van der Waals surface area contributed by atoms with Crippen molar-refractivity contribution in [3.63, 3.8) is 0 Å². The molecule has 0 heterocycles. The molecule has 0 radical (unpaired) electrons. The largest absolute Gasteiger partial charge is 0.507 e. The fourth-order valence-corrected chi connectivity index (χ4v) is 1.57. The summed E-state index contributed by atoms with van der Waals surface area (Å²) in [5, 5.41) is 10.0. The number of aliphatic hydroxyl groups is 1. The molecule has 0 aliphatic rings. The molecule has 0 bridgehead atoms. The van der Waals surface area contributed by atoms with E-state index < -0.39 is 0 Å². The highest BCUT2D eigenvalue weighted by atomic mass is 16.3. The van der Waals surface area contributed by atoms with Gasteiger partial charge in [-0.1, -0.05) is 18.7 Å². The number of allylic oxidation sites excluding steroid dienone is 4. The first kappa shape index (κ1) is 16.2. The molecule has 0 aromatic heterocycles. The lowest BCUT2D eigenvalue weighted by molar-refractivity contribution is -0.125. The average Bonchev–Trinajstić information content (AvgIpc) is 2.36. The van der Waals surface area contributed by atoms with Crippen molar-refractivity contribution in [2.45, 2.75) is 27.2 Å². The Kier molecular flexibility index (Phi) is 7.52. The summed E-state index contributed by atoms with van der Waals surface area (Å²) in [5.74, 6) is -0.194. The number of amides is 1.